The molecule has 10 heteroatoms. The second kappa shape index (κ2) is 13.3. The summed E-state index contributed by atoms with van der Waals surface area (Å²) < 4.78 is 40.6. The number of halogens is 2. The highest BCUT2D eigenvalue weighted by Gasteiger charge is 2.31. The van der Waals surface area contributed by atoms with E-state index < -0.39 is 17.9 Å². The molecule has 47 heavy (non-hydrogen) atoms. The zero-order valence-corrected chi connectivity index (χ0v) is 27.0. The molecule has 1 atom stereocenters. The molecule has 0 saturated carbocycles. The number of rotatable bonds is 8. The van der Waals surface area contributed by atoms with Crippen LogP contribution in [0.5, 0.6) is 23.0 Å². The Morgan fingerprint density at radius 3 is 2.60 bits per heavy atom. The fourth-order valence-corrected chi connectivity index (χ4v) is 6.61. The maximum Gasteiger partial charge on any atom is 0.343 e. The standard InChI is InChI=1S/C37H35ClFN3O5/c1-3-44-32-19-24(37(43)46-26-8-5-4-6-9-26)18-30-35(32)40-34(41(30)2)21-42-16-14-23(15-17-42)27-10-7-11-31-36(27)45-22-33(47-31)28-13-12-25(38)20-29(28)39/h4-13,18-20,23,33H,3,14-17,21-22H2,1-2H3/t33-/m0/s1. The predicted molar refractivity (Wildman–Crippen MR) is 177 cm³/mol. The maximum atomic E-state index is 14.6. The highest BCUT2D eigenvalue weighted by Crippen LogP contribution is 2.44. The molecular formula is C37H35ClFN3O5. The Morgan fingerprint density at radius 2 is 1.83 bits per heavy atom. The van der Waals surface area contributed by atoms with Gasteiger partial charge in [0.1, 0.15) is 35.3 Å². The van der Waals surface area contributed by atoms with Crippen molar-refractivity contribution in [3.05, 3.63) is 112 Å². The molecule has 1 fully saturated rings. The topological polar surface area (TPSA) is 75.1 Å². The van der Waals surface area contributed by atoms with E-state index in [1.165, 1.54) is 6.07 Å². The van der Waals surface area contributed by atoms with Gasteiger partial charge in [0.05, 0.1) is 24.2 Å². The molecule has 2 aliphatic heterocycles. The Kier molecular flexibility index (Phi) is 8.75. The van der Waals surface area contributed by atoms with E-state index >= 15 is 0 Å². The van der Waals surface area contributed by atoms with Crippen molar-refractivity contribution in [2.45, 2.75) is 38.3 Å². The number of fused-ring (bicyclic) bond motifs is 2. The van der Waals surface area contributed by atoms with E-state index in [4.69, 9.17) is 35.5 Å². The number of esters is 1. The number of carbonyl (C=O) groups excluding carboxylic acids is 1. The van der Waals surface area contributed by atoms with Crippen LogP contribution >= 0.6 is 11.6 Å². The number of aromatic nitrogens is 2. The first-order valence-electron chi connectivity index (χ1n) is 15.9. The van der Waals surface area contributed by atoms with Crippen molar-refractivity contribution >= 4 is 28.6 Å². The number of ether oxygens (including phenoxy) is 4. The maximum absolute atomic E-state index is 14.6. The lowest BCUT2D eigenvalue weighted by atomic mass is 9.88. The van der Waals surface area contributed by atoms with Gasteiger partial charge in [0.2, 0.25) is 0 Å². The number of likely N-dealkylation sites (tertiary alicyclic amines) is 1. The van der Waals surface area contributed by atoms with Gasteiger partial charge >= 0.3 is 5.97 Å². The summed E-state index contributed by atoms with van der Waals surface area (Å²) in [6, 6.07) is 23.1. The molecule has 242 valence electrons. The molecule has 0 bridgehead atoms. The van der Waals surface area contributed by atoms with Gasteiger partial charge in [-0.05, 0) is 81.2 Å². The first-order chi connectivity index (χ1) is 22.9. The fourth-order valence-electron chi connectivity index (χ4n) is 6.45. The van der Waals surface area contributed by atoms with Gasteiger partial charge in [-0.3, -0.25) is 4.90 Å². The van der Waals surface area contributed by atoms with Crippen LogP contribution in [0.3, 0.4) is 0 Å². The smallest absolute Gasteiger partial charge is 0.343 e. The first kappa shape index (κ1) is 31.0. The van der Waals surface area contributed by atoms with Crippen molar-refractivity contribution in [2.24, 2.45) is 7.05 Å². The summed E-state index contributed by atoms with van der Waals surface area (Å²) in [4.78, 5) is 20.4. The van der Waals surface area contributed by atoms with Crippen molar-refractivity contribution in [1.29, 1.82) is 0 Å². The van der Waals surface area contributed by atoms with Crippen molar-refractivity contribution in [2.75, 3.05) is 26.3 Å². The van der Waals surface area contributed by atoms with Gasteiger partial charge in [0.25, 0.3) is 0 Å². The van der Waals surface area contributed by atoms with Crippen LogP contribution < -0.4 is 18.9 Å². The molecule has 5 aromatic rings. The van der Waals surface area contributed by atoms with Crippen molar-refractivity contribution in [3.8, 4) is 23.0 Å². The lowest BCUT2D eigenvalue weighted by molar-refractivity contribution is 0.0734. The third-order valence-corrected chi connectivity index (χ3v) is 9.13. The van der Waals surface area contributed by atoms with E-state index in [1.807, 2.05) is 54.9 Å². The SMILES string of the molecule is CCOc1cc(C(=O)Oc2ccccc2)cc2c1nc(CN1CCC(c3cccc4c3OC[C@@H](c3ccc(Cl)cc3F)O4)CC1)n2C. The second-order valence-corrected chi connectivity index (χ2v) is 12.3. The summed E-state index contributed by atoms with van der Waals surface area (Å²) >= 11 is 5.94. The summed E-state index contributed by atoms with van der Waals surface area (Å²) in [5, 5.41) is 0.346. The third kappa shape index (κ3) is 6.38. The summed E-state index contributed by atoms with van der Waals surface area (Å²) in [7, 11) is 1.97. The van der Waals surface area contributed by atoms with Crippen molar-refractivity contribution < 1.29 is 28.1 Å². The lowest BCUT2D eigenvalue weighted by Crippen LogP contribution is -2.33. The Bertz CT molecular complexity index is 1920. The van der Waals surface area contributed by atoms with E-state index in [2.05, 4.69) is 11.0 Å². The molecule has 7 rings (SSSR count). The molecule has 1 saturated heterocycles. The molecule has 0 aliphatic carbocycles. The van der Waals surface area contributed by atoms with Gasteiger partial charge in [-0.2, -0.15) is 0 Å². The average Bonchev–Trinajstić information content (AvgIpc) is 3.40. The van der Waals surface area contributed by atoms with E-state index in [-0.39, 0.29) is 6.61 Å². The third-order valence-electron chi connectivity index (χ3n) is 8.89. The van der Waals surface area contributed by atoms with Crippen molar-refractivity contribution in [3.63, 3.8) is 0 Å². The zero-order valence-electron chi connectivity index (χ0n) is 26.2. The molecule has 2 aliphatic rings. The Hall–Kier alpha value is -4.60. The molecule has 3 heterocycles. The number of piperidine rings is 1. The van der Waals surface area contributed by atoms with Crippen LogP contribution in [0.15, 0.2) is 78.9 Å². The van der Waals surface area contributed by atoms with E-state index in [0.717, 1.165) is 54.1 Å². The van der Waals surface area contributed by atoms with Crippen LogP contribution in [0.4, 0.5) is 4.39 Å². The Labute approximate surface area is 277 Å². The number of hydrogen-bond acceptors (Lipinski definition) is 7. The number of carbonyl (C=O) groups is 1. The summed E-state index contributed by atoms with van der Waals surface area (Å²) in [5.41, 5.74) is 3.49. The van der Waals surface area contributed by atoms with Crippen LogP contribution in [0.2, 0.25) is 5.02 Å². The number of hydrogen-bond donors (Lipinski definition) is 0. The lowest BCUT2D eigenvalue weighted by Gasteiger charge is -2.34. The highest BCUT2D eigenvalue weighted by molar-refractivity contribution is 6.30. The summed E-state index contributed by atoms with van der Waals surface area (Å²) in [5.74, 6) is 2.76. The van der Waals surface area contributed by atoms with Crippen LogP contribution in [-0.2, 0) is 13.6 Å². The first-order valence-corrected chi connectivity index (χ1v) is 16.2. The number of para-hydroxylation sites is 2. The molecule has 0 amide bonds. The quantitative estimate of drug-likeness (QED) is 0.124. The normalized spacial score (nSPS) is 16.7. The minimum atomic E-state index is -0.543. The number of imidazole rings is 1. The van der Waals surface area contributed by atoms with Gasteiger partial charge in [0.15, 0.2) is 17.6 Å². The largest absolute Gasteiger partial charge is 0.492 e. The van der Waals surface area contributed by atoms with Crippen LogP contribution in [0.25, 0.3) is 11.0 Å². The van der Waals surface area contributed by atoms with Crippen LogP contribution in [0.1, 0.15) is 59.1 Å². The van der Waals surface area contributed by atoms with Gasteiger partial charge in [-0.25, -0.2) is 14.2 Å². The fraction of sp³-hybridized carbons (Fsp3) is 0.297. The van der Waals surface area contributed by atoms with Crippen molar-refractivity contribution in [1.82, 2.24) is 14.5 Å². The van der Waals surface area contributed by atoms with E-state index in [9.17, 15) is 9.18 Å². The number of benzene rings is 4. The molecule has 0 radical (unpaired) electrons. The Morgan fingerprint density at radius 1 is 1.02 bits per heavy atom. The summed E-state index contributed by atoms with van der Waals surface area (Å²) in [6.45, 7) is 5.00. The molecular weight excluding hydrogens is 621 g/mol. The Balaban J connectivity index is 1.04. The molecule has 0 N–H and O–H groups in total. The van der Waals surface area contributed by atoms with Crippen LogP contribution in [0, 0.1) is 5.82 Å². The molecule has 8 nitrogen and oxygen atoms in total. The average molecular weight is 656 g/mol. The number of aryl methyl sites for hydroxylation is 1. The monoisotopic (exact) mass is 655 g/mol. The minimum Gasteiger partial charge on any atom is -0.492 e. The zero-order chi connectivity index (χ0) is 32.5. The van der Waals surface area contributed by atoms with Gasteiger partial charge in [-0.15, -0.1) is 0 Å². The molecule has 4 aromatic carbocycles. The van der Waals surface area contributed by atoms with Gasteiger partial charge in [0, 0.05) is 23.2 Å². The predicted octanol–water partition coefficient (Wildman–Crippen LogP) is 7.88. The van der Waals surface area contributed by atoms with Crippen LogP contribution in [-0.4, -0.2) is 46.7 Å². The van der Waals surface area contributed by atoms with E-state index in [0.29, 0.717) is 52.5 Å². The van der Waals surface area contributed by atoms with Gasteiger partial charge in [-0.1, -0.05) is 48.0 Å². The molecule has 1 aromatic heterocycles. The highest BCUT2D eigenvalue weighted by atomic mass is 35.5. The minimum absolute atomic E-state index is 0.226. The van der Waals surface area contributed by atoms with Gasteiger partial charge < -0.3 is 23.5 Å². The number of nitrogens with zero attached hydrogens (tertiary/aromatic N) is 3. The molecule has 0 unspecified atom stereocenters. The molecule has 0 spiro atoms. The second-order valence-electron chi connectivity index (χ2n) is 11.9. The van der Waals surface area contributed by atoms with E-state index in [1.54, 1.807) is 30.3 Å². The summed E-state index contributed by atoms with van der Waals surface area (Å²) in [6.07, 6.45) is 1.34.